The fourth-order valence-electron chi connectivity index (χ4n) is 7.54. The van der Waals surface area contributed by atoms with Crippen LogP contribution in [0, 0.1) is 5.92 Å². The van der Waals surface area contributed by atoms with Crippen LogP contribution in [0.4, 0.5) is 11.4 Å². The van der Waals surface area contributed by atoms with Crippen molar-refractivity contribution in [3.05, 3.63) is 23.8 Å². The van der Waals surface area contributed by atoms with Gasteiger partial charge in [0.15, 0.2) is 0 Å². The number of likely N-dealkylation sites (N-methyl/N-ethyl adjacent to an activating group) is 2. The zero-order chi connectivity index (χ0) is 29.1. The zero-order valence-electron chi connectivity index (χ0n) is 25.4. The van der Waals surface area contributed by atoms with Gasteiger partial charge < -0.3 is 31.3 Å². The fourth-order valence-corrected chi connectivity index (χ4v) is 7.54. The topological polar surface area (TPSA) is 134 Å². The van der Waals surface area contributed by atoms with Gasteiger partial charge in [0.2, 0.25) is 0 Å². The summed E-state index contributed by atoms with van der Waals surface area (Å²) in [6, 6.07) is 7.27. The number of anilines is 2. The largest absolute Gasteiger partial charge is 0.387 e. The van der Waals surface area contributed by atoms with Crippen LogP contribution in [-0.4, -0.2) is 114 Å². The molecule has 11 nitrogen and oxygen atoms in total. The molecule has 4 fully saturated rings. The molecular weight excluding hydrogens is 520 g/mol. The molecule has 1 aromatic rings. The van der Waals surface area contributed by atoms with E-state index < -0.39 is 24.5 Å². The first-order chi connectivity index (χ1) is 19.5. The van der Waals surface area contributed by atoms with Crippen LogP contribution in [0.5, 0.6) is 0 Å². The normalized spacial score (nSPS) is 39.3. The number of hydrogen-bond donors (Lipinski definition) is 7. The second-order valence-corrected chi connectivity index (χ2v) is 14.0. The Hall–Kier alpha value is -1.54. The van der Waals surface area contributed by atoms with Gasteiger partial charge in [0.25, 0.3) is 0 Å². The summed E-state index contributed by atoms with van der Waals surface area (Å²) in [7, 11) is 2.04. The molecule has 3 saturated heterocycles. The number of aliphatic hydroxyl groups excluding tert-OH is 2. The predicted octanol–water partition coefficient (Wildman–Crippen LogP) is 0.810. The van der Waals surface area contributed by atoms with Gasteiger partial charge in [0.05, 0.1) is 49.3 Å². The van der Waals surface area contributed by atoms with Gasteiger partial charge in [-0.3, -0.25) is 20.4 Å². The van der Waals surface area contributed by atoms with E-state index in [4.69, 9.17) is 10.5 Å². The molecule has 6 rings (SSSR count). The van der Waals surface area contributed by atoms with E-state index in [9.17, 15) is 10.2 Å². The number of aliphatic hydroxyl groups is 2. The van der Waals surface area contributed by atoms with Crippen molar-refractivity contribution in [2.24, 2.45) is 11.7 Å². The summed E-state index contributed by atoms with van der Waals surface area (Å²) in [4.78, 5) is 6.73. The zero-order valence-corrected chi connectivity index (χ0v) is 25.4. The highest BCUT2D eigenvalue weighted by Crippen LogP contribution is 2.39. The lowest BCUT2D eigenvalue weighted by molar-refractivity contribution is -0.129. The van der Waals surface area contributed by atoms with Gasteiger partial charge in [-0.25, -0.2) is 4.90 Å². The second kappa shape index (κ2) is 11.5. The molecule has 1 saturated carbocycles. The van der Waals surface area contributed by atoms with Gasteiger partial charge in [-0.1, -0.05) is 33.8 Å². The molecule has 4 aliphatic heterocycles. The van der Waals surface area contributed by atoms with Crippen molar-refractivity contribution in [3.63, 3.8) is 0 Å². The molecule has 4 unspecified atom stereocenters. The van der Waals surface area contributed by atoms with Crippen LogP contribution in [0.15, 0.2) is 18.2 Å². The van der Waals surface area contributed by atoms with Gasteiger partial charge in [-0.2, -0.15) is 0 Å². The van der Waals surface area contributed by atoms with Crippen LogP contribution >= 0.6 is 0 Å². The Bertz CT molecular complexity index is 1060. The minimum Gasteiger partial charge on any atom is -0.387 e. The van der Waals surface area contributed by atoms with Crippen molar-refractivity contribution in [3.8, 4) is 0 Å². The van der Waals surface area contributed by atoms with Crippen LogP contribution in [0.3, 0.4) is 0 Å². The van der Waals surface area contributed by atoms with Crippen molar-refractivity contribution >= 4 is 11.4 Å². The first-order valence-electron chi connectivity index (χ1n) is 15.6. The highest BCUT2D eigenvalue weighted by atomic mass is 16.6. The minimum absolute atomic E-state index is 0.00342. The predicted molar refractivity (Wildman–Crippen MR) is 161 cm³/mol. The molecule has 0 amide bonds. The molecule has 41 heavy (non-hydrogen) atoms. The molecule has 4 heterocycles. The van der Waals surface area contributed by atoms with Crippen molar-refractivity contribution in [2.75, 3.05) is 44.1 Å². The molecule has 8 atom stereocenters. The van der Waals surface area contributed by atoms with Gasteiger partial charge in [0, 0.05) is 12.6 Å². The van der Waals surface area contributed by atoms with Crippen LogP contribution in [0.1, 0.15) is 58.9 Å². The minimum atomic E-state index is -0.956. The van der Waals surface area contributed by atoms with E-state index in [1.54, 1.807) is 0 Å². The monoisotopic (exact) mass is 572 g/mol. The highest BCUT2D eigenvalue weighted by molar-refractivity contribution is 5.75. The van der Waals surface area contributed by atoms with E-state index in [1.165, 1.54) is 36.2 Å². The number of nitrogens with one attached hydrogen (secondary N) is 4. The number of hydrogen-bond acceptors (Lipinski definition) is 11. The van der Waals surface area contributed by atoms with Crippen molar-refractivity contribution < 1.29 is 14.9 Å². The first-order valence-corrected chi connectivity index (χ1v) is 15.6. The fraction of sp³-hybridized carbons (Fsp3) is 0.800. The summed E-state index contributed by atoms with van der Waals surface area (Å²) in [6.45, 7) is 11.7. The Morgan fingerprint density at radius 3 is 2.54 bits per heavy atom. The molecule has 0 bridgehead atoms. The summed E-state index contributed by atoms with van der Waals surface area (Å²) >= 11 is 0. The Kier molecular flexibility index (Phi) is 8.29. The van der Waals surface area contributed by atoms with Gasteiger partial charge in [-0.05, 0) is 68.3 Å². The summed E-state index contributed by atoms with van der Waals surface area (Å²) in [5.74, 6) is 0.714. The van der Waals surface area contributed by atoms with Gasteiger partial charge in [0.1, 0.15) is 24.5 Å². The number of nitrogens with zero attached hydrogens (tertiary/aromatic N) is 3. The van der Waals surface area contributed by atoms with E-state index in [0.29, 0.717) is 31.8 Å². The van der Waals surface area contributed by atoms with Crippen molar-refractivity contribution in [1.82, 2.24) is 25.3 Å². The summed E-state index contributed by atoms with van der Waals surface area (Å²) in [5.41, 5.74) is 10.2. The smallest absolute Gasteiger partial charge is 0.142 e. The Labute approximate surface area is 245 Å². The summed E-state index contributed by atoms with van der Waals surface area (Å²) < 4.78 is 6.40. The molecular formula is C30H52N8O3. The van der Waals surface area contributed by atoms with Gasteiger partial charge in [-0.15, -0.1) is 0 Å². The van der Waals surface area contributed by atoms with E-state index in [2.05, 4.69) is 81.9 Å². The van der Waals surface area contributed by atoms with Gasteiger partial charge >= 0.3 is 0 Å². The van der Waals surface area contributed by atoms with Crippen LogP contribution in [0.2, 0.25) is 0 Å². The second-order valence-electron chi connectivity index (χ2n) is 14.0. The number of fused-ring (bicyclic) bond motifs is 2. The van der Waals surface area contributed by atoms with E-state index >= 15 is 0 Å². The molecule has 0 aromatic heterocycles. The van der Waals surface area contributed by atoms with E-state index in [0.717, 1.165) is 13.0 Å². The molecule has 1 aromatic carbocycles. The lowest BCUT2D eigenvalue weighted by Crippen LogP contribution is -2.68. The molecule has 5 aliphatic rings. The number of rotatable bonds is 8. The number of nitrogens with two attached hydrogens (primary N) is 1. The average molecular weight is 573 g/mol. The van der Waals surface area contributed by atoms with Crippen LogP contribution in [0.25, 0.3) is 0 Å². The third-order valence-electron chi connectivity index (χ3n) is 10.2. The highest BCUT2D eigenvalue weighted by Gasteiger charge is 2.53. The maximum absolute atomic E-state index is 11.0. The third kappa shape index (κ3) is 5.73. The van der Waals surface area contributed by atoms with Crippen LogP contribution in [-0.2, 0) is 10.2 Å². The average Bonchev–Trinajstić information content (AvgIpc) is 3.60. The molecule has 0 spiro atoms. The standard InChI is InChI=1S/C30H52N8O3/c1-6-37(14-22-25(39)26(40)29(41-22)38-16-32-24-27(31)33-15-36(5)28(24)38)19-11-17(12-19)7-10-23-34-20-9-8-18(30(2,3)4)13-21(20)35-23/h8-9,13,17,19,22-29,32-35,39-40H,6-7,10-12,14-16,31H2,1-5H3/t17-,19-,22-,23?,24?,25-,26-,27?,28?,29-/m1/s1. The van der Waals surface area contributed by atoms with Crippen molar-refractivity contribution in [1.29, 1.82) is 0 Å². The first kappa shape index (κ1) is 29.5. The lowest BCUT2D eigenvalue weighted by atomic mass is 9.76. The molecule has 11 heteroatoms. The Balaban J connectivity index is 0.972. The summed E-state index contributed by atoms with van der Waals surface area (Å²) in [6.07, 6.45) is 1.91. The number of benzene rings is 1. The molecule has 1 aliphatic carbocycles. The Morgan fingerprint density at radius 2 is 1.80 bits per heavy atom. The van der Waals surface area contributed by atoms with Crippen molar-refractivity contribution in [2.45, 2.75) is 114 Å². The maximum atomic E-state index is 11.0. The maximum Gasteiger partial charge on any atom is 0.142 e. The lowest BCUT2D eigenvalue weighted by Gasteiger charge is -2.44. The summed E-state index contributed by atoms with van der Waals surface area (Å²) in [5, 5.41) is 36.1. The number of ether oxygens (including phenoxy) is 1. The molecule has 8 N–H and O–H groups in total. The molecule has 0 radical (unpaired) electrons. The third-order valence-corrected chi connectivity index (χ3v) is 10.2. The Morgan fingerprint density at radius 1 is 1.05 bits per heavy atom. The SMILES string of the molecule is CCN(C[C@H]1O[C@@H](N2CNC3C(N)NCN(C)C32)[C@H](O)[C@@H]1O)[C@H]1C[C@H](CCC2Nc3ccc(C(C)(C)C)cc3N2)C1. The van der Waals surface area contributed by atoms with Crippen LogP contribution < -0.4 is 27.0 Å². The molecule has 230 valence electrons. The van der Waals surface area contributed by atoms with E-state index in [-0.39, 0.29) is 30.0 Å². The van der Waals surface area contributed by atoms with E-state index in [1.807, 2.05) is 7.05 Å². The quantitative estimate of drug-likeness (QED) is 0.239.